The van der Waals surface area contributed by atoms with Gasteiger partial charge >= 0.3 is 5.97 Å². The molecule has 1 saturated heterocycles. The molecule has 0 bridgehead atoms. The number of nitrogens with one attached hydrogen (secondary N) is 1. The minimum Gasteiger partial charge on any atom is -0.492 e. The van der Waals surface area contributed by atoms with Crippen LogP contribution in [-0.2, 0) is 0 Å². The quantitative estimate of drug-likeness (QED) is 0.753. The van der Waals surface area contributed by atoms with E-state index in [0.717, 1.165) is 13.1 Å². The van der Waals surface area contributed by atoms with E-state index in [0.29, 0.717) is 17.6 Å². The molecule has 1 aliphatic rings. The van der Waals surface area contributed by atoms with Crippen molar-refractivity contribution in [2.45, 2.75) is 5.25 Å². The lowest BCUT2D eigenvalue weighted by atomic mass is 10.2. The van der Waals surface area contributed by atoms with Crippen LogP contribution < -0.4 is 10.1 Å². The molecule has 0 aliphatic carbocycles. The average molecular weight is 313 g/mol. The summed E-state index contributed by atoms with van der Waals surface area (Å²) in [4.78, 5) is 10.8. The SMILES string of the molecule is O=C(O)c1cccc(OCCNCC2CSCCS2)c1. The minimum absolute atomic E-state index is 0.256. The number of hydrogen-bond donors (Lipinski definition) is 2. The second kappa shape index (κ2) is 8.44. The second-order valence-electron chi connectivity index (χ2n) is 4.45. The molecule has 2 N–H and O–H groups in total. The summed E-state index contributed by atoms with van der Waals surface area (Å²) in [6.07, 6.45) is 0. The molecule has 0 aromatic heterocycles. The molecule has 4 nitrogen and oxygen atoms in total. The number of aromatic carboxylic acids is 1. The lowest BCUT2D eigenvalue weighted by molar-refractivity contribution is 0.0696. The molecule has 1 atom stereocenters. The highest BCUT2D eigenvalue weighted by molar-refractivity contribution is 8.06. The standard InChI is InChI=1S/C14H19NO3S2/c16-14(17)11-2-1-3-12(8-11)18-5-4-15-9-13-10-19-6-7-20-13/h1-3,8,13,15H,4-7,9-10H2,(H,16,17). The normalized spacial score (nSPS) is 18.7. The molecular weight excluding hydrogens is 294 g/mol. The number of hydrogen-bond acceptors (Lipinski definition) is 5. The topological polar surface area (TPSA) is 58.6 Å². The van der Waals surface area contributed by atoms with Gasteiger partial charge in [0.05, 0.1) is 5.56 Å². The van der Waals surface area contributed by atoms with Crippen molar-refractivity contribution in [3.8, 4) is 5.75 Å². The molecule has 1 aromatic rings. The molecule has 0 spiro atoms. The number of carboxylic acid groups (broad SMARTS) is 1. The summed E-state index contributed by atoms with van der Waals surface area (Å²) in [5.74, 6) is 3.41. The summed E-state index contributed by atoms with van der Waals surface area (Å²) in [7, 11) is 0. The van der Waals surface area contributed by atoms with Crippen molar-refractivity contribution in [1.82, 2.24) is 5.32 Å². The highest BCUT2D eigenvalue weighted by Gasteiger charge is 2.13. The van der Waals surface area contributed by atoms with Crippen LogP contribution in [0.25, 0.3) is 0 Å². The lowest BCUT2D eigenvalue weighted by Gasteiger charge is -2.21. The molecule has 1 heterocycles. The predicted octanol–water partition coefficient (Wildman–Crippen LogP) is 2.20. The highest BCUT2D eigenvalue weighted by atomic mass is 32.2. The third-order valence-electron chi connectivity index (χ3n) is 2.89. The maximum atomic E-state index is 10.8. The van der Waals surface area contributed by atoms with E-state index >= 15 is 0 Å². The first-order chi connectivity index (χ1) is 9.75. The van der Waals surface area contributed by atoms with Crippen LogP contribution in [0.5, 0.6) is 5.75 Å². The van der Waals surface area contributed by atoms with Gasteiger partial charge in [-0.1, -0.05) is 6.07 Å². The maximum absolute atomic E-state index is 10.8. The molecule has 1 aromatic carbocycles. The van der Waals surface area contributed by atoms with E-state index in [4.69, 9.17) is 9.84 Å². The number of carbonyl (C=O) groups is 1. The summed E-state index contributed by atoms with van der Waals surface area (Å²) in [5, 5.41) is 13.0. The van der Waals surface area contributed by atoms with E-state index in [9.17, 15) is 4.79 Å². The van der Waals surface area contributed by atoms with E-state index in [2.05, 4.69) is 5.32 Å². The monoisotopic (exact) mass is 313 g/mol. The third-order valence-corrected chi connectivity index (χ3v) is 5.73. The van der Waals surface area contributed by atoms with Crippen LogP contribution in [0.2, 0.25) is 0 Å². The van der Waals surface area contributed by atoms with Crippen molar-refractivity contribution in [3.63, 3.8) is 0 Å². The molecule has 110 valence electrons. The zero-order chi connectivity index (χ0) is 14.2. The number of ether oxygens (including phenoxy) is 1. The third kappa shape index (κ3) is 5.26. The molecule has 1 unspecified atom stereocenters. The fourth-order valence-corrected chi connectivity index (χ4v) is 4.52. The number of carboxylic acids is 1. The van der Waals surface area contributed by atoms with Crippen molar-refractivity contribution in [2.24, 2.45) is 0 Å². The first-order valence-electron chi connectivity index (χ1n) is 6.62. The summed E-state index contributed by atoms with van der Waals surface area (Å²) < 4.78 is 5.55. The Hall–Kier alpha value is -0.850. The van der Waals surface area contributed by atoms with Gasteiger partial charge in [-0.05, 0) is 18.2 Å². The average Bonchev–Trinajstić information content (AvgIpc) is 2.48. The van der Waals surface area contributed by atoms with E-state index < -0.39 is 5.97 Å². The molecule has 0 radical (unpaired) electrons. The Morgan fingerprint density at radius 3 is 3.10 bits per heavy atom. The number of rotatable bonds is 7. The smallest absolute Gasteiger partial charge is 0.335 e. The van der Waals surface area contributed by atoms with E-state index in [1.54, 1.807) is 24.3 Å². The second-order valence-corrected chi connectivity index (χ2v) is 7.01. The Balaban J connectivity index is 1.63. The number of thioether (sulfide) groups is 2. The Kier molecular flexibility index (Phi) is 6.56. The van der Waals surface area contributed by atoms with Gasteiger partial charge in [0.25, 0.3) is 0 Å². The largest absolute Gasteiger partial charge is 0.492 e. The van der Waals surface area contributed by atoms with E-state index in [1.165, 1.54) is 17.3 Å². The predicted molar refractivity (Wildman–Crippen MR) is 85.3 cm³/mol. The molecule has 6 heteroatoms. The van der Waals surface area contributed by atoms with Gasteiger partial charge in [-0.15, -0.1) is 0 Å². The van der Waals surface area contributed by atoms with Crippen LogP contribution in [-0.4, -0.2) is 53.3 Å². The Morgan fingerprint density at radius 2 is 2.35 bits per heavy atom. The molecular formula is C14H19NO3S2. The maximum Gasteiger partial charge on any atom is 0.335 e. The first kappa shape index (κ1) is 15.5. The zero-order valence-corrected chi connectivity index (χ0v) is 12.8. The van der Waals surface area contributed by atoms with Crippen LogP contribution in [0.1, 0.15) is 10.4 Å². The van der Waals surface area contributed by atoms with Gasteiger partial charge in [0.1, 0.15) is 12.4 Å². The zero-order valence-electron chi connectivity index (χ0n) is 11.2. The number of benzene rings is 1. The van der Waals surface area contributed by atoms with Crippen LogP contribution in [0, 0.1) is 0 Å². The lowest BCUT2D eigenvalue weighted by Crippen LogP contribution is -2.31. The van der Waals surface area contributed by atoms with Gasteiger partial charge in [-0.2, -0.15) is 23.5 Å². The van der Waals surface area contributed by atoms with Crippen molar-refractivity contribution >= 4 is 29.5 Å². The van der Waals surface area contributed by atoms with Crippen LogP contribution in [0.4, 0.5) is 0 Å². The van der Waals surface area contributed by atoms with Crippen molar-refractivity contribution in [2.75, 3.05) is 37.0 Å². The fraction of sp³-hybridized carbons (Fsp3) is 0.500. The van der Waals surface area contributed by atoms with Gasteiger partial charge in [-0.25, -0.2) is 4.79 Å². The highest BCUT2D eigenvalue weighted by Crippen LogP contribution is 2.23. The minimum atomic E-state index is -0.930. The van der Waals surface area contributed by atoms with Gasteiger partial charge in [0, 0.05) is 35.6 Å². The van der Waals surface area contributed by atoms with Crippen molar-refractivity contribution < 1.29 is 14.6 Å². The summed E-state index contributed by atoms with van der Waals surface area (Å²) >= 11 is 4.05. The molecule has 2 rings (SSSR count). The van der Waals surface area contributed by atoms with Gasteiger partial charge in [0.2, 0.25) is 0 Å². The summed E-state index contributed by atoms with van der Waals surface area (Å²) in [5.41, 5.74) is 0.256. The molecule has 1 fully saturated rings. The summed E-state index contributed by atoms with van der Waals surface area (Å²) in [6.45, 7) is 2.34. The van der Waals surface area contributed by atoms with Crippen LogP contribution in [0.15, 0.2) is 24.3 Å². The van der Waals surface area contributed by atoms with E-state index in [-0.39, 0.29) is 5.56 Å². The first-order valence-corrected chi connectivity index (χ1v) is 8.82. The molecule has 0 amide bonds. The Bertz CT molecular complexity index is 436. The van der Waals surface area contributed by atoms with Gasteiger partial charge in [0.15, 0.2) is 0 Å². The van der Waals surface area contributed by atoms with Crippen molar-refractivity contribution in [1.29, 1.82) is 0 Å². The Morgan fingerprint density at radius 1 is 1.45 bits per heavy atom. The fourth-order valence-electron chi connectivity index (χ4n) is 1.88. The summed E-state index contributed by atoms with van der Waals surface area (Å²) in [6, 6.07) is 6.59. The van der Waals surface area contributed by atoms with Crippen molar-refractivity contribution in [3.05, 3.63) is 29.8 Å². The Labute approximate surface area is 127 Å². The van der Waals surface area contributed by atoms with Crippen LogP contribution >= 0.6 is 23.5 Å². The molecule has 0 saturated carbocycles. The molecule has 1 aliphatic heterocycles. The molecule has 20 heavy (non-hydrogen) atoms. The van der Waals surface area contributed by atoms with E-state index in [1.807, 2.05) is 23.5 Å². The van der Waals surface area contributed by atoms with Gasteiger partial charge < -0.3 is 15.2 Å². The van der Waals surface area contributed by atoms with Crippen LogP contribution in [0.3, 0.4) is 0 Å². The van der Waals surface area contributed by atoms with Gasteiger partial charge in [-0.3, -0.25) is 0 Å².